The number of hydrogen-bond acceptors (Lipinski definition) is 5. The van der Waals surface area contributed by atoms with Gasteiger partial charge in [0.15, 0.2) is 0 Å². The van der Waals surface area contributed by atoms with E-state index >= 15 is 0 Å². The minimum Gasteiger partial charge on any atom is -0.335 e. The predicted molar refractivity (Wildman–Crippen MR) is 105 cm³/mol. The van der Waals surface area contributed by atoms with Crippen molar-refractivity contribution < 1.29 is 18.0 Å². The summed E-state index contributed by atoms with van der Waals surface area (Å²) in [6, 6.07) is 7.06. The van der Waals surface area contributed by atoms with E-state index in [1.165, 1.54) is 4.31 Å². The third-order valence-corrected chi connectivity index (χ3v) is 7.29. The maximum atomic E-state index is 12.9. The second kappa shape index (κ2) is 8.40. The summed E-state index contributed by atoms with van der Waals surface area (Å²) in [6.45, 7) is 5.29. The highest BCUT2D eigenvalue weighted by molar-refractivity contribution is 7.89. The van der Waals surface area contributed by atoms with Crippen LogP contribution in [0, 0.1) is 0 Å². The first-order valence-corrected chi connectivity index (χ1v) is 11.0. The molecule has 152 valence electrons. The van der Waals surface area contributed by atoms with E-state index in [-0.39, 0.29) is 36.2 Å². The van der Waals surface area contributed by atoms with Crippen LogP contribution in [0.4, 0.5) is 0 Å². The summed E-state index contributed by atoms with van der Waals surface area (Å²) in [6.07, 6.45) is 1.55. The highest BCUT2D eigenvalue weighted by Crippen LogP contribution is 2.23. The van der Waals surface area contributed by atoms with Gasteiger partial charge in [0, 0.05) is 39.0 Å². The number of amides is 2. The van der Waals surface area contributed by atoms with Gasteiger partial charge in [0.05, 0.1) is 4.90 Å². The molecule has 2 aliphatic heterocycles. The minimum atomic E-state index is -3.58. The van der Waals surface area contributed by atoms with Gasteiger partial charge in [-0.2, -0.15) is 9.41 Å². The first-order chi connectivity index (χ1) is 13.3. The fourth-order valence-corrected chi connectivity index (χ4v) is 4.72. The van der Waals surface area contributed by atoms with E-state index in [1.54, 1.807) is 17.0 Å². The number of hydrazone groups is 1. The number of carbonyl (C=O) groups is 2. The Bertz CT molecular complexity index is 872. The third-order valence-electron chi connectivity index (χ3n) is 5.38. The van der Waals surface area contributed by atoms with Crippen molar-refractivity contribution in [3.8, 4) is 0 Å². The molecule has 0 saturated carbocycles. The molecule has 0 spiro atoms. The van der Waals surface area contributed by atoms with Crippen LogP contribution in [-0.4, -0.2) is 61.3 Å². The number of nitrogens with zero attached hydrogens (tertiary/aromatic N) is 3. The van der Waals surface area contributed by atoms with Crippen LogP contribution in [-0.2, 0) is 19.6 Å². The average molecular weight is 407 g/mol. The van der Waals surface area contributed by atoms with Crippen molar-refractivity contribution in [2.75, 3.05) is 26.2 Å². The van der Waals surface area contributed by atoms with Gasteiger partial charge in [-0.05, 0) is 30.0 Å². The Labute approximate surface area is 165 Å². The molecule has 0 aromatic heterocycles. The predicted octanol–water partition coefficient (Wildman–Crippen LogP) is 1.30. The van der Waals surface area contributed by atoms with Gasteiger partial charge in [0.2, 0.25) is 15.9 Å². The van der Waals surface area contributed by atoms with Crippen molar-refractivity contribution >= 4 is 27.5 Å². The lowest BCUT2D eigenvalue weighted by atomic mass is 9.99. The Morgan fingerprint density at radius 3 is 2.32 bits per heavy atom. The molecule has 1 aromatic rings. The smallest absolute Gasteiger partial charge is 0.270 e. The zero-order chi connectivity index (χ0) is 20.3. The van der Waals surface area contributed by atoms with Crippen LogP contribution < -0.4 is 5.43 Å². The lowest BCUT2D eigenvalue weighted by molar-refractivity contribution is -0.125. The van der Waals surface area contributed by atoms with E-state index in [4.69, 9.17) is 0 Å². The third kappa shape index (κ3) is 4.25. The van der Waals surface area contributed by atoms with Crippen LogP contribution in [0.25, 0.3) is 0 Å². The summed E-state index contributed by atoms with van der Waals surface area (Å²) in [5, 5.41) is 3.82. The first kappa shape index (κ1) is 20.5. The number of sulfonamides is 1. The van der Waals surface area contributed by atoms with Gasteiger partial charge in [-0.25, -0.2) is 13.8 Å². The van der Waals surface area contributed by atoms with Gasteiger partial charge in [-0.15, -0.1) is 0 Å². The van der Waals surface area contributed by atoms with Gasteiger partial charge >= 0.3 is 0 Å². The second-order valence-electron chi connectivity index (χ2n) is 7.17. The second-order valence-corrected chi connectivity index (χ2v) is 9.11. The number of nitrogens with one attached hydrogen (secondary N) is 1. The van der Waals surface area contributed by atoms with Crippen LogP contribution in [0.3, 0.4) is 0 Å². The lowest BCUT2D eigenvalue weighted by Gasteiger charge is -2.34. The number of benzene rings is 1. The maximum absolute atomic E-state index is 12.9. The van der Waals surface area contributed by atoms with Gasteiger partial charge < -0.3 is 4.90 Å². The molecule has 0 radical (unpaired) electrons. The summed E-state index contributed by atoms with van der Waals surface area (Å²) < 4.78 is 27.2. The molecular formula is C19H26N4O4S. The Morgan fingerprint density at radius 1 is 1.14 bits per heavy atom. The standard InChI is InChI=1S/C19H26N4O4S/c1-3-14(2)15-4-6-16(7-5-15)28(26,27)23-12-10-22(11-13-23)19(25)17-8-9-18(24)21-20-17/h4-7,14H,3,8-13H2,1-2H3,(H,21,24)/t14-/m0/s1. The summed E-state index contributed by atoms with van der Waals surface area (Å²) in [4.78, 5) is 25.5. The normalized spacial score (nSPS) is 19.7. The van der Waals surface area contributed by atoms with Crippen molar-refractivity contribution in [3.63, 3.8) is 0 Å². The van der Waals surface area contributed by atoms with E-state index < -0.39 is 10.0 Å². The van der Waals surface area contributed by atoms with Crippen molar-refractivity contribution in [2.45, 2.75) is 43.9 Å². The number of carbonyl (C=O) groups excluding carboxylic acids is 2. The molecule has 0 bridgehead atoms. The van der Waals surface area contributed by atoms with Gasteiger partial charge in [-0.1, -0.05) is 26.0 Å². The van der Waals surface area contributed by atoms with Crippen molar-refractivity contribution in [2.24, 2.45) is 5.10 Å². The SMILES string of the molecule is CC[C@H](C)c1ccc(S(=O)(=O)N2CCN(C(=O)C3=NNC(=O)CC3)CC2)cc1. The lowest BCUT2D eigenvalue weighted by Crippen LogP contribution is -2.52. The van der Waals surface area contributed by atoms with Crippen LogP contribution in [0.15, 0.2) is 34.3 Å². The number of piperazine rings is 1. The maximum Gasteiger partial charge on any atom is 0.270 e. The minimum absolute atomic E-state index is 0.202. The molecule has 2 aliphatic rings. The fraction of sp³-hybridized carbons (Fsp3) is 0.526. The van der Waals surface area contributed by atoms with E-state index in [2.05, 4.69) is 24.4 Å². The summed E-state index contributed by atoms with van der Waals surface area (Å²) in [5.41, 5.74) is 3.76. The van der Waals surface area contributed by atoms with Gasteiger partial charge in [0.25, 0.3) is 5.91 Å². The molecule has 8 nitrogen and oxygen atoms in total. The largest absolute Gasteiger partial charge is 0.335 e. The molecule has 3 rings (SSSR count). The summed E-state index contributed by atoms with van der Waals surface area (Å²) in [5.74, 6) is -0.0550. The average Bonchev–Trinajstić information content (AvgIpc) is 2.73. The Balaban J connectivity index is 1.63. The molecule has 0 unspecified atom stereocenters. The van der Waals surface area contributed by atoms with Crippen LogP contribution in [0.1, 0.15) is 44.6 Å². The zero-order valence-corrected chi connectivity index (χ0v) is 17.0. The van der Waals surface area contributed by atoms with Crippen LogP contribution in [0.2, 0.25) is 0 Å². The molecule has 1 aromatic carbocycles. The summed E-state index contributed by atoms with van der Waals surface area (Å²) in [7, 11) is -3.58. The van der Waals surface area contributed by atoms with E-state index in [0.29, 0.717) is 31.1 Å². The zero-order valence-electron chi connectivity index (χ0n) is 16.2. The molecule has 1 saturated heterocycles. The molecule has 28 heavy (non-hydrogen) atoms. The number of hydrogen-bond donors (Lipinski definition) is 1. The molecule has 9 heteroatoms. The molecular weight excluding hydrogens is 380 g/mol. The van der Waals surface area contributed by atoms with Gasteiger partial charge in [-0.3, -0.25) is 9.59 Å². The van der Waals surface area contributed by atoms with Crippen molar-refractivity contribution in [1.82, 2.24) is 14.6 Å². The van der Waals surface area contributed by atoms with Crippen LogP contribution >= 0.6 is 0 Å². The van der Waals surface area contributed by atoms with Crippen molar-refractivity contribution in [3.05, 3.63) is 29.8 Å². The fourth-order valence-electron chi connectivity index (χ4n) is 3.30. The van der Waals surface area contributed by atoms with Gasteiger partial charge in [0.1, 0.15) is 5.71 Å². The topological polar surface area (TPSA) is 99.2 Å². The van der Waals surface area contributed by atoms with E-state index in [0.717, 1.165) is 12.0 Å². The first-order valence-electron chi connectivity index (χ1n) is 9.57. The Kier molecular flexibility index (Phi) is 6.14. The van der Waals surface area contributed by atoms with E-state index in [9.17, 15) is 18.0 Å². The van der Waals surface area contributed by atoms with Crippen LogP contribution in [0.5, 0.6) is 0 Å². The molecule has 1 N–H and O–H groups in total. The Morgan fingerprint density at radius 2 is 1.79 bits per heavy atom. The monoisotopic (exact) mass is 406 g/mol. The molecule has 1 atom stereocenters. The highest BCUT2D eigenvalue weighted by atomic mass is 32.2. The van der Waals surface area contributed by atoms with Crippen molar-refractivity contribution in [1.29, 1.82) is 0 Å². The Hall–Kier alpha value is -2.26. The molecule has 2 amide bonds. The quantitative estimate of drug-likeness (QED) is 0.797. The van der Waals surface area contributed by atoms with E-state index in [1.807, 2.05) is 12.1 Å². The molecule has 2 heterocycles. The molecule has 1 fully saturated rings. The highest BCUT2D eigenvalue weighted by Gasteiger charge is 2.32. The molecule has 0 aliphatic carbocycles. The summed E-state index contributed by atoms with van der Waals surface area (Å²) >= 11 is 0. The number of rotatable bonds is 5.